The zero-order valence-electron chi connectivity index (χ0n) is 16.5. The van der Waals surface area contributed by atoms with Gasteiger partial charge in [0.15, 0.2) is 11.5 Å². The maximum atomic E-state index is 6.05. The third-order valence-electron chi connectivity index (χ3n) is 4.16. The average Bonchev–Trinajstić information content (AvgIpc) is 2.58. The van der Waals surface area contributed by atoms with Gasteiger partial charge in [-0.25, -0.2) is 0 Å². The smallest absolute Gasteiger partial charge is 0.207 e. The summed E-state index contributed by atoms with van der Waals surface area (Å²) in [5, 5.41) is 0. The van der Waals surface area contributed by atoms with Crippen LogP contribution in [0.1, 0.15) is 71.4 Å². The van der Waals surface area contributed by atoms with Crippen LogP contribution < -0.4 is 18.9 Å². The van der Waals surface area contributed by atoms with Crippen molar-refractivity contribution in [2.24, 2.45) is 0 Å². The molecule has 0 atom stereocenters. The van der Waals surface area contributed by atoms with Crippen molar-refractivity contribution in [2.75, 3.05) is 26.4 Å². The SMILES string of the molecule is CCOc1c(C)c(C(CC)CC)c(OCC)c(OCC)c1OCC. The highest BCUT2D eigenvalue weighted by Gasteiger charge is 2.29. The van der Waals surface area contributed by atoms with E-state index in [0.717, 1.165) is 29.9 Å². The number of rotatable bonds is 11. The summed E-state index contributed by atoms with van der Waals surface area (Å²) in [6.07, 6.45) is 2.09. The Kier molecular flexibility index (Phi) is 8.80. The maximum absolute atomic E-state index is 6.05. The fourth-order valence-electron chi connectivity index (χ4n) is 3.14. The highest BCUT2D eigenvalue weighted by Crippen LogP contribution is 2.52. The lowest BCUT2D eigenvalue weighted by Crippen LogP contribution is -2.11. The van der Waals surface area contributed by atoms with E-state index < -0.39 is 0 Å². The van der Waals surface area contributed by atoms with Crippen molar-refractivity contribution in [3.05, 3.63) is 11.1 Å². The first kappa shape index (κ1) is 20.5. The lowest BCUT2D eigenvalue weighted by atomic mass is 9.88. The Hall–Kier alpha value is -1.58. The number of hydrogen-bond donors (Lipinski definition) is 0. The van der Waals surface area contributed by atoms with Crippen LogP contribution in [-0.4, -0.2) is 26.4 Å². The molecule has 0 bridgehead atoms. The quantitative estimate of drug-likeness (QED) is 0.534. The maximum Gasteiger partial charge on any atom is 0.207 e. The molecular weight excluding hydrogens is 304 g/mol. The lowest BCUT2D eigenvalue weighted by Gasteiger charge is -2.27. The van der Waals surface area contributed by atoms with Crippen molar-refractivity contribution in [3.8, 4) is 23.0 Å². The van der Waals surface area contributed by atoms with Gasteiger partial charge in [-0.3, -0.25) is 0 Å². The first-order valence-electron chi connectivity index (χ1n) is 9.32. The molecule has 1 aromatic rings. The zero-order chi connectivity index (χ0) is 18.1. The van der Waals surface area contributed by atoms with Crippen molar-refractivity contribution in [3.63, 3.8) is 0 Å². The molecule has 4 heteroatoms. The minimum absolute atomic E-state index is 0.403. The number of hydrogen-bond acceptors (Lipinski definition) is 4. The van der Waals surface area contributed by atoms with Gasteiger partial charge in [0, 0.05) is 11.1 Å². The molecule has 0 aromatic heterocycles. The molecule has 1 aromatic carbocycles. The highest BCUT2D eigenvalue weighted by atomic mass is 16.6. The monoisotopic (exact) mass is 338 g/mol. The fourth-order valence-corrected chi connectivity index (χ4v) is 3.14. The minimum atomic E-state index is 0.403. The Labute approximate surface area is 147 Å². The Morgan fingerprint density at radius 3 is 1.38 bits per heavy atom. The van der Waals surface area contributed by atoms with Crippen molar-refractivity contribution in [2.45, 2.75) is 67.2 Å². The van der Waals surface area contributed by atoms with E-state index in [-0.39, 0.29) is 0 Å². The summed E-state index contributed by atoms with van der Waals surface area (Å²) < 4.78 is 23.9. The van der Waals surface area contributed by atoms with Gasteiger partial charge in [0.1, 0.15) is 0 Å². The first-order valence-corrected chi connectivity index (χ1v) is 9.32. The molecule has 0 aliphatic heterocycles. The molecule has 0 unspecified atom stereocenters. The summed E-state index contributed by atoms with van der Waals surface area (Å²) in [5.74, 6) is 3.35. The summed E-state index contributed by atoms with van der Waals surface area (Å²) in [5.41, 5.74) is 2.29. The second-order valence-corrected chi connectivity index (χ2v) is 5.60. The molecule has 0 saturated heterocycles. The molecule has 0 aliphatic carbocycles. The Balaban J connectivity index is 3.77. The van der Waals surface area contributed by atoms with Crippen molar-refractivity contribution >= 4 is 0 Å². The van der Waals surface area contributed by atoms with Gasteiger partial charge in [-0.1, -0.05) is 13.8 Å². The largest absolute Gasteiger partial charge is 0.490 e. The van der Waals surface area contributed by atoms with Gasteiger partial charge in [-0.15, -0.1) is 0 Å². The third kappa shape index (κ3) is 4.28. The van der Waals surface area contributed by atoms with Crippen LogP contribution in [0.5, 0.6) is 23.0 Å². The van der Waals surface area contributed by atoms with Gasteiger partial charge in [-0.05, 0) is 53.4 Å². The van der Waals surface area contributed by atoms with Gasteiger partial charge in [-0.2, -0.15) is 0 Å². The number of benzene rings is 1. The molecule has 0 saturated carbocycles. The van der Waals surface area contributed by atoms with Crippen LogP contribution in [-0.2, 0) is 0 Å². The van der Waals surface area contributed by atoms with Crippen LogP contribution in [0.2, 0.25) is 0 Å². The molecule has 0 fully saturated rings. The molecule has 138 valence electrons. The van der Waals surface area contributed by atoms with Gasteiger partial charge < -0.3 is 18.9 Å². The van der Waals surface area contributed by atoms with E-state index in [1.54, 1.807) is 0 Å². The van der Waals surface area contributed by atoms with Crippen LogP contribution in [0, 0.1) is 6.92 Å². The molecule has 0 amide bonds. The topological polar surface area (TPSA) is 36.9 Å². The Morgan fingerprint density at radius 1 is 0.583 bits per heavy atom. The second kappa shape index (κ2) is 10.3. The first-order chi connectivity index (χ1) is 11.6. The van der Waals surface area contributed by atoms with Gasteiger partial charge in [0.05, 0.1) is 26.4 Å². The normalized spacial score (nSPS) is 10.8. The van der Waals surface area contributed by atoms with E-state index in [9.17, 15) is 0 Å². The second-order valence-electron chi connectivity index (χ2n) is 5.60. The van der Waals surface area contributed by atoms with Crippen molar-refractivity contribution in [1.82, 2.24) is 0 Å². The molecule has 1 rings (SSSR count). The van der Waals surface area contributed by atoms with Crippen LogP contribution in [0.3, 0.4) is 0 Å². The van der Waals surface area contributed by atoms with Crippen LogP contribution in [0.15, 0.2) is 0 Å². The molecule has 0 heterocycles. The van der Waals surface area contributed by atoms with Crippen LogP contribution in [0.4, 0.5) is 0 Å². The van der Waals surface area contributed by atoms with E-state index in [1.165, 1.54) is 5.56 Å². The van der Waals surface area contributed by atoms with Gasteiger partial charge in [0.25, 0.3) is 0 Å². The van der Waals surface area contributed by atoms with E-state index in [2.05, 4.69) is 20.8 Å². The summed E-state index contributed by atoms with van der Waals surface area (Å²) in [7, 11) is 0. The third-order valence-corrected chi connectivity index (χ3v) is 4.16. The van der Waals surface area contributed by atoms with Crippen molar-refractivity contribution in [1.29, 1.82) is 0 Å². The molecule has 4 nitrogen and oxygen atoms in total. The summed E-state index contributed by atoms with van der Waals surface area (Å²) in [6, 6.07) is 0. The summed E-state index contributed by atoms with van der Waals surface area (Å²) in [4.78, 5) is 0. The fraction of sp³-hybridized carbons (Fsp3) is 0.700. The molecule has 0 spiro atoms. The minimum Gasteiger partial charge on any atom is -0.490 e. The molecule has 0 N–H and O–H groups in total. The average molecular weight is 338 g/mol. The van der Waals surface area contributed by atoms with E-state index in [1.807, 2.05) is 27.7 Å². The zero-order valence-corrected chi connectivity index (χ0v) is 16.5. The Morgan fingerprint density at radius 2 is 0.958 bits per heavy atom. The van der Waals surface area contributed by atoms with Crippen molar-refractivity contribution < 1.29 is 18.9 Å². The number of ether oxygens (including phenoxy) is 4. The molecule has 0 radical (unpaired) electrons. The van der Waals surface area contributed by atoms with E-state index >= 15 is 0 Å². The summed E-state index contributed by atoms with van der Waals surface area (Å²) in [6.45, 7) is 16.7. The van der Waals surface area contributed by atoms with Crippen LogP contribution in [0.25, 0.3) is 0 Å². The predicted molar refractivity (Wildman–Crippen MR) is 99.2 cm³/mol. The lowest BCUT2D eigenvalue weighted by molar-refractivity contribution is 0.240. The van der Waals surface area contributed by atoms with Gasteiger partial charge >= 0.3 is 0 Å². The predicted octanol–water partition coefficient (Wildman–Crippen LogP) is 5.49. The van der Waals surface area contributed by atoms with Gasteiger partial charge in [0.2, 0.25) is 11.5 Å². The standard InChI is InChI=1S/C20H34O4/c1-8-15(9-2)16-14(7)17(21-10-3)19(23-12-5)20(24-13-6)18(16)22-11-4/h15H,8-13H2,1-7H3. The van der Waals surface area contributed by atoms with Crippen LogP contribution >= 0.6 is 0 Å². The Bertz CT molecular complexity index is 507. The summed E-state index contributed by atoms with van der Waals surface area (Å²) >= 11 is 0. The van der Waals surface area contributed by atoms with E-state index in [0.29, 0.717) is 43.8 Å². The molecule has 0 aliphatic rings. The molecular formula is C20H34O4. The molecule has 24 heavy (non-hydrogen) atoms. The highest BCUT2D eigenvalue weighted by molar-refractivity contribution is 5.67. The van der Waals surface area contributed by atoms with E-state index in [4.69, 9.17) is 18.9 Å².